The first-order chi connectivity index (χ1) is 10.1. The van der Waals surface area contributed by atoms with E-state index >= 15 is 0 Å². The number of nitrogens with zero attached hydrogens (tertiary/aromatic N) is 1. The van der Waals surface area contributed by atoms with Gasteiger partial charge in [0, 0.05) is 12.3 Å². The molecular formula is C14H20N4O3. The van der Waals surface area contributed by atoms with Gasteiger partial charge < -0.3 is 21.2 Å². The second-order valence-electron chi connectivity index (χ2n) is 5.32. The fourth-order valence-corrected chi connectivity index (χ4v) is 2.74. The van der Waals surface area contributed by atoms with Gasteiger partial charge in [0.05, 0.1) is 11.6 Å². The molecule has 0 aromatic carbocycles. The van der Waals surface area contributed by atoms with Crippen molar-refractivity contribution in [1.29, 1.82) is 0 Å². The van der Waals surface area contributed by atoms with E-state index in [2.05, 4.69) is 15.5 Å². The van der Waals surface area contributed by atoms with Crippen molar-refractivity contribution in [2.45, 2.75) is 38.1 Å². The molecule has 1 amide bonds. The zero-order chi connectivity index (χ0) is 15.2. The van der Waals surface area contributed by atoms with Gasteiger partial charge in [-0.2, -0.15) is 0 Å². The lowest BCUT2D eigenvalue weighted by molar-refractivity contribution is 0.0930. The Balaban J connectivity index is 2.12. The average Bonchev–Trinajstić information content (AvgIpc) is 2.53. The van der Waals surface area contributed by atoms with Gasteiger partial charge in [-0.05, 0) is 24.8 Å². The van der Waals surface area contributed by atoms with Crippen molar-refractivity contribution in [3.8, 4) is 0 Å². The van der Waals surface area contributed by atoms with Crippen molar-refractivity contribution < 1.29 is 10.0 Å². The topological polar surface area (TPSA) is 121 Å². The van der Waals surface area contributed by atoms with Crippen molar-refractivity contribution in [2.75, 3.05) is 0 Å². The van der Waals surface area contributed by atoms with Crippen LogP contribution in [0.25, 0.3) is 0 Å². The summed E-state index contributed by atoms with van der Waals surface area (Å²) in [6.45, 7) is 0. The summed E-state index contributed by atoms with van der Waals surface area (Å²) >= 11 is 0. The van der Waals surface area contributed by atoms with Crippen molar-refractivity contribution >= 4 is 11.7 Å². The molecule has 1 aromatic heterocycles. The number of amidine groups is 1. The lowest BCUT2D eigenvalue weighted by Crippen LogP contribution is -2.49. The number of aromatic amines is 1. The number of carbonyl (C=O) groups is 1. The van der Waals surface area contributed by atoms with Gasteiger partial charge in [-0.15, -0.1) is 0 Å². The SMILES string of the molecule is N/C(=N/O)C(NC(=O)c1ccc(=O)[nH]c1)C1CCCCC1. The van der Waals surface area contributed by atoms with Gasteiger partial charge in [0.15, 0.2) is 5.84 Å². The zero-order valence-electron chi connectivity index (χ0n) is 11.7. The van der Waals surface area contributed by atoms with Gasteiger partial charge in [-0.25, -0.2) is 0 Å². The van der Waals surface area contributed by atoms with Crippen molar-refractivity contribution in [1.82, 2.24) is 10.3 Å². The first-order valence-electron chi connectivity index (χ1n) is 7.09. The highest BCUT2D eigenvalue weighted by atomic mass is 16.4. The number of hydrogen-bond donors (Lipinski definition) is 4. The molecule has 114 valence electrons. The van der Waals surface area contributed by atoms with Gasteiger partial charge in [0.2, 0.25) is 5.56 Å². The van der Waals surface area contributed by atoms with E-state index in [0.717, 1.165) is 25.7 Å². The average molecular weight is 292 g/mol. The van der Waals surface area contributed by atoms with E-state index < -0.39 is 6.04 Å². The number of amides is 1. The Morgan fingerprint density at radius 2 is 2.10 bits per heavy atom. The summed E-state index contributed by atoms with van der Waals surface area (Å²) in [6.07, 6.45) is 6.55. The van der Waals surface area contributed by atoms with E-state index in [-0.39, 0.29) is 23.2 Å². The van der Waals surface area contributed by atoms with Crippen LogP contribution in [0.3, 0.4) is 0 Å². The third-order valence-corrected chi connectivity index (χ3v) is 3.89. The van der Waals surface area contributed by atoms with Crippen LogP contribution in [0, 0.1) is 5.92 Å². The molecule has 1 fully saturated rings. The number of nitrogens with one attached hydrogen (secondary N) is 2. The third kappa shape index (κ3) is 3.84. The monoisotopic (exact) mass is 292 g/mol. The lowest BCUT2D eigenvalue weighted by atomic mass is 9.83. The van der Waals surface area contributed by atoms with Gasteiger partial charge >= 0.3 is 0 Å². The molecule has 7 heteroatoms. The summed E-state index contributed by atoms with van der Waals surface area (Å²) in [7, 11) is 0. The van der Waals surface area contributed by atoms with Gasteiger partial charge in [0.1, 0.15) is 0 Å². The maximum atomic E-state index is 12.2. The summed E-state index contributed by atoms with van der Waals surface area (Å²) < 4.78 is 0. The maximum Gasteiger partial charge on any atom is 0.253 e. The van der Waals surface area contributed by atoms with E-state index in [1.165, 1.54) is 24.8 Å². The molecule has 5 N–H and O–H groups in total. The minimum absolute atomic E-state index is 0.0136. The summed E-state index contributed by atoms with van der Waals surface area (Å²) in [6, 6.07) is 2.24. The number of hydrogen-bond acceptors (Lipinski definition) is 4. The maximum absolute atomic E-state index is 12.2. The molecule has 1 atom stereocenters. The fraction of sp³-hybridized carbons (Fsp3) is 0.500. The minimum atomic E-state index is -0.491. The summed E-state index contributed by atoms with van der Waals surface area (Å²) in [4.78, 5) is 25.7. The number of carbonyl (C=O) groups excluding carboxylic acids is 1. The van der Waals surface area contributed by atoms with Crippen LogP contribution in [-0.4, -0.2) is 28.0 Å². The summed E-state index contributed by atoms with van der Waals surface area (Å²) in [5.74, 6) is -0.172. The van der Waals surface area contributed by atoms with Crippen molar-refractivity contribution in [2.24, 2.45) is 16.8 Å². The van der Waals surface area contributed by atoms with Crippen LogP contribution in [0.5, 0.6) is 0 Å². The molecule has 1 saturated carbocycles. The molecule has 0 aliphatic heterocycles. The first kappa shape index (κ1) is 15.1. The zero-order valence-corrected chi connectivity index (χ0v) is 11.7. The van der Waals surface area contributed by atoms with Crippen LogP contribution in [0.4, 0.5) is 0 Å². The van der Waals surface area contributed by atoms with E-state index in [4.69, 9.17) is 10.9 Å². The highest BCUT2D eigenvalue weighted by molar-refractivity contribution is 5.98. The number of pyridine rings is 1. The summed E-state index contributed by atoms with van der Waals surface area (Å²) in [5.41, 5.74) is 5.79. The fourth-order valence-electron chi connectivity index (χ4n) is 2.74. The number of H-pyrrole nitrogens is 1. The van der Waals surface area contributed by atoms with Gasteiger partial charge in [-0.3, -0.25) is 9.59 Å². The molecule has 0 bridgehead atoms. The molecule has 0 spiro atoms. The molecular weight excluding hydrogens is 272 g/mol. The quantitative estimate of drug-likeness (QED) is 0.284. The van der Waals surface area contributed by atoms with Crippen LogP contribution < -0.4 is 16.6 Å². The second kappa shape index (κ2) is 6.92. The van der Waals surface area contributed by atoms with Crippen LogP contribution in [0.15, 0.2) is 28.3 Å². The Kier molecular flexibility index (Phi) is 4.97. The number of aromatic nitrogens is 1. The molecule has 7 nitrogen and oxygen atoms in total. The molecule has 21 heavy (non-hydrogen) atoms. The Morgan fingerprint density at radius 1 is 1.38 bits per heavy atom. The Hall–Kier alpha value is -2.31. The molecule has 1 unspecified atom stereocenters. The highest BCUT2D eigenvalue weighted by Gasteiger charge is 2.28. The highest BCUT2D eigenvalue weighted by Crippen LogP contribution is 2.26. The Labute approximate surface area is 122 Å². The Morgan fingerprint density at radius 3 is 2.67 bits per heavy atom. The Bertz CT molecular complexity index is 555. The predicted molar refractivity (Wildman–Crippen MR) is 78.3 cm³/mol. The summed E-state index contributed by atoms with van der Waals surface area (Å²) in [5, 5.41) is 14.8. The largest absolute Gasteiger partial charge is 0.409 e. The molecule has 1 aliphatic rings. The van der Waals surface area contributed by atoms with Gasteiger partial charge in [0.25, 0.3) is 5.91 Å². The van der Waals surface area contributed by atoms with E-state index in [1.807, 2.05) is 0 Å². The van der Waals surface area contributed by atoms with Crippen LogP contribution in [-0.2, 0) is 0 Å². The van der Waals surface area contributed by atoms with Crippen LogP contribution >= 0.6 is 0 Å². The second-order valence-corrected chi connectivity index (χ2v) is 5.32. The molecule has 2 rings (SSSR count). The third-order valence-electron chi connectivity index (χ3n) is 3.89. The standard InChI is InChI=1S/C14H20N4O3/c15-13(18-21)12(9-4-2-1-3-5-9)17-14(20)10-6-7-11(19)16-8-10/h6-9,12,21H,1-5H2,(H2,15,18)(H,16,19)(H,17,20). The molecule has 0 radical (unpaired) electrons. The van der Waals surface area contributed by atoms with E-state index in [0.29, 0.717) is 5.56 Å². The smallest absolute Gasteiger partial charge is 0.253 e. The van der Waals surface area contributed by atoms with Crippen LogP contribution in [0.1, 0.15) is 42.5 Å². The lowest BCUT2D eigenvalue weighted by Gasteiger charge is -2.29. The van der Waals surface area contributed by atoms with Crippen molar-refractivity contribution in [3.05, 3.63) is 34.2 Å². The van der Waals surface area contributed by atoms with Crippen LogP contribution in [0.2, 0.25) is 0 Å². The number of nitrogens with two attached hydrogens (primary N) is 1. The number of oxime groups is 1. The first-order valence-corrected chi connectivity index (χ1v) is 7.09. The predicted octanol–water partition coefficient (Wildman–Crippen LogP) is 0.800. The molecule has 1 heterocycles. The number of rotatable bonds is 4. The molecule has 0 saturated heterocycles. The molecule has 1 aliphatic carbocycles. The van der Waals surface area contributed by atoms with Gasteiger partial charge in [-0.1, -0.05) is 24.4 Å². The van der Waals surface area contributed by atoms with E-state index in [9.17, 15) is 9.59 Å². The normalized spacial score (nSPS) is 18.2. The van der Waals surface area contributed by atoms with E-state index in [1.54, 1.807) is 0 Å². The molecule has 1 aromatic rings. The minimum Gasteiger partial charge on any atom is -0.409 e. The van der Waals surface area contributed by atoms with Crippen molar-refractivity contribution in [3.63, 3.8) is 0 Å².